The van der Waals surface area contributed by atoms with Crippen LogP contribution in [0.3, 0.4) is 0 Å². The Morgan fingerprint density at radius 3 is 1.25 bits per heavy atom. The van der Waals surface area contributed by atoms with Crippen molar-refractivity contribution in [3.8, 4) is 0 Å². The van der Waals surface area contributed by atoms with Crippen LogP contribution in [0.15, 0.2) is 108 Å². The number of halogens is 3. The van der Waals surface area contributed by atoms with Crippen molar-refractivity contribution < 1.29 is 58.9 Å². The largest absolute Gasteiger partial charge is 4.00 e. The van der Waals surface area contributed by atoms with Gasteiger partial charge in [-0.2, -0.15) is 5.57 Å². The van der Waals surface area contributed by atoms with Gasteiger partial charge in [-0.15, -0.1) is 0 Å². The normalized spacial score (nSPS) is 12.7. The molecule has 3 aromatic rings. The van der Waals surface area contributed by atoms with Gasteiger partial charge in [0.1, 0.15) is 0 Å². The molecule has 4 rings (SSSR count). The monoisotopic (exact) mass is 532 g/mol. The molecule has 5 heteroatoms. The van der Waals surface area contributed by atoms with Gasteiger partial charge in [-0.3, -0.25) is 6.08 Å². The minimum Gasteiger partial charge on any atom is -1.00 e. The Morgan fingerprint density at radius 1 is 0.625 bits per heavy atom. The standard InChI is InChI=1S/C27H27Si.3ClH.Ti/c1-28(2,3)26-20-19-25(21-26)27(22-13-7-4-8-14-22,23-15-9-5-10-16-23)24-17-11-6-12-18-24;;;;/h4-18,20H,19H2,1-3H3;3*1H;/q-1;;;;+4/p-3. The quantitative estimate of drug-likeness (QED) is 0.202. The van der Waals surface area contributed by atoms with Gasteiger partial charge in [-0.25, -0.2) is 11.3 Å². The molecule has 0 bridgehead atoms. The number of benzene rings is 3. The Bertz CT molecular complexity index is 914. The molecule has 0 atom stereocenters. The van der Waals surface area contributed by atoms with Crippen molar-refractivity contribution in [3.63, 3.8) is 0 Å². The summed E-state index contributed by atoms with van der Waals surface area (Å²) >= 11 is 0. The molecular formula is C27H27Cl3SiTi. The average Bonchev–Trinajstić information content (AvgIpc) is 3.22. The molecule has 1 aliphatic carbocycles. The second-order valence-corrected chi connectivity index (χ2v) is 13.6. The van der Waals surface area contributed by atoms with Crippen LogP contribution >= 0.6 is 0 Å². The smallest absolute Gasteiger partial charge is 1.00 e. The van der Waals surface area contributed by atoms with Crippen molar-refractivity contribution in [1.29, 1.82) is 0 Å². The first kappa shape index (κ1) is 30.9. The van der Waals surface area contributed by atoms with E-state index in [1.54, 1.807) is 0 Å². The molecule has 0 aliphatic heterocycles. The van der Waals surface area contributed by atoms with Gasteiger partial charge in [-0.1, -0.05) is 117 Å². The summed E-state index contributed by atoms with van der Waals surface area (Å²) in [6, 6.07) is 32.8. The van der Waals surface area contributed by atoms with E-state index in [-0.39, 0.29) is 64.4 Å². The van der Waals surface area contributed by atoms with Crippen molar-refractivity contribution in [2.24, 2.45) is 0 Å². The zero-order valence-electron chi connectivity index (χ0n) is 18.6. The van der Waals surface area contributed by atoms with Crippen LogP contribution in [0.1, 0.15) is 23.1 Å². The molecule has 0 saturated carbocycles. The van der Waals surface area contributed by atoms with Crippen LogP contribution in [0.25, 0.3) is 0 Å². The van der Waals surface area contributed by atoms with Gasteiger partial charge in [0.15, 0.2) is 0 Å². The third-order valence-electron chi connectivity index (χ3n) is 5.68. The van der Waals surface area contributed by atoms with Crippen molar-refractivity contribution in [2.75, 3.05) is 0 Å². The van der Waals surface area contributed by atoms with Crippen LogP contribution in [0.5, 0.6) is 0 Å². The van der Waals surface area contributed by atoms with E-state index in [0.717, 1.165) is 6.42 Å². The molecule has 0 aromatic heterocycles. The van der Waals surface area contributed by atoms with Crippen LogP contribution in [-0.2, 0) is 27.1 Å². The third-order valence-corrected chi connectivity index (χ3v) is 7.62. The Labute approximate surface area is 227 Å². The molecule has 164 valence electrons. The Morgan fingerprint density at radius 2 is 0.969 bits per heavy atom. The molecule has 0 heterocycles. The van der Waals surface area contributed by atoms with Crippen LogP contribution < -0.4 is 37.2 Å². The van der Waals surface area contributed by atoms with Crippen molar-refractivity contribution in [1.82, 2.24) is 0 Å². The number of rotatable bonds is 5. The number of hydrogen-bond acceptors (Lipinski definition) is 0. The molecular weight excluding hydrogens is 507 g/mol. The van der Waals surface area contributed by atoms with E-state index in [4.69, 9.17) is 0 Å². The minimum absolute atomic E-state index is 0. The molecule has 0 fully saturated rings. The predicted octanol–water partition coefficient (Wildman–Crippen LogP) is -2.03. The minimum atomic E-state index is -1.42. The maximum atomic E-state index is 3.91. The van der Waals surface area contributed by atoms with Crippen LogP contribution in [-0.4, -0.2) is 8.07 Å². The van der Waals surface area contributed by atoms with Gasteiger partial charge >= 0.3 is 21.7 Å². The summed E-state index contributed by atoms with van der Waals surface area (Å²) in [5.74, 6) is 0. The molecule has 0 saturated heterocycles. The summed E-state index contributed by atoms with van der Waals surface area (Å²) in [5, 5.41) is 1.44. The van der Waals surface area contributed by atoms with Crippen molar-refractivity contribution in [2.45, 2.75) is 31.5 Å². The third kappa shape index (κ3) is 5.89. The van der Waals surface area contributed by atoms with E-state index in [1.165, 1.54) is 27.5 Å². The topological polar surface area (TPSA) is 0 Å². The molecule has 0 spiro atoms. The first-order valence-electron chi connectivity index (χ1n) is 10.0. The maximum absolute atomic E-state index is 3.91. The Hall–Kier alpha value is -1.06. The van der Waals surface area contributed by atoms with Gasteiger partial charge in [0, 0.05) is 13.5 Å². The van der Waals surface area contributed by atoms with Gasteiger partial charge < -0.3 is 37.2 Å². The first-order chi connectivity index (χ1) is 13.5. The second-order valence-electron chi connectivity index (χ2n) is 8.52. The summed E-state index contributed by atoms with van der Waals surface area (Å²) in [5.41, 5.74) is 4.95. The second kappa shape index (κ2) is 13.0. The van der Waals surface area contributed by atoms with Gasteiger partial charge in [0.2, 0.25) is 0 Å². The molecule has 3 aromatic carbocycles. The zero-order valence-corrected chi connectivity index (χ0v) is 23.4. The summed E-state index contributed by atoms with van der Waals surface area (Å²) in [4.78, 5) is 0. The molecule has 0 unspecified atom stereocenters. The predicted molar refractivity (Wildman–Crippen MR) is 122 cm³/mol. The molecule has 1 aliphatic rings. The number of allylic oxidation sites excluding steroid dienone is 4. The van der Waals surface area contributed by atoms with Crippen LogP contribution in [0.2, 0.25) is 19.6 Å². The SMILES string of the molecule is C[Si](C)(C)C1=CCC(C(c2ccccc2)(c2ccccc2)c2ccccc2)=[C-]1.[Cl-].[Cl-].[Cl-].[Ti+4]. The average molecular weight is 534 g/mol. The Kier molecular flexibility index (Phi) is 12.6. The summed E-state index contributed by atoms with van der Waals surface area (Å²) in [7, 11) is -1.42. The van der Waals surface area contributed by atoms with Gasteiger partial charge in [-0.05, 0) is 16.7 Å². The molecule has 0 amide bonds. The van der Waals surface area contributed by atoms with Gasteiger partial charge in [0.05, 0.1) is 0 Å². The van der Waals surface area contributed by atoms with E-state index in [2.05, 4.69) is 123 Å². The maximum Gasteiger partial charge on any atom is 4.00 e. The van der Waals surface area contributed by atoms with E-state index in [9.17, 15) is 0 Å². The molecule has 0 nitrogen and oxygen atoms in total. The van der Waals surface area contributed by atoms with E-state index in [1.807, 2.05) is 0 Å². The fourth-order valence-corrected chi connectivity index (χ4v) is 5.54. The molecule has 0 radical (unpaired) electrons. The van der Waals surface area contributed by atoms with E-state index >= 15 is 0 Å². The summed E-state index contributed by atoms with van der Waals surface area (Å²) in [6.07, 6.45) is 7.29. The van der Waals surface area contributed by atoms with E-state index in [0.29, 0.717) is 0 Å². The zero-order chi connectivity index (χ0) is 19.6. The fourth-order valence-electron chi connectivity index (χ4n) is 4.30. The van der Waals surface area contributed by atoms with E-state index < -0.39 is 8.07 Å². The molecule has 0 N–H and O–H groups in total. The van der Waals surface area contributed by atoms with Crippen molar-refractivity contribution in [3.05, 3.63) is 131 Å². The summed E-state index contributed by atoms with van der Waals surface area (Å²) in [6.45, 7) is 7.22. The number of hydrogen-bond donors (Lipinski definition) is 0. The molecule has 32 heavy (non-hydrogen) atoms. The van der Waals surface area contributed by atoms with Crippen LogP contribution in [0.4, 0.5) is 0 Å². The van der Waals surface area contributed by atoms with Crippen LogP contribution in [0, 0.1) is 6.08 Å². The van der Waals surface area contributed by atoms with Crippen molar-refractivity contribution >= 4 is 8.07 Å². The Balaban J connectivity index is 0.00000240. The fraction of sp³-hybridized carbons (Fsp3) is 0.185. The summed E-state index contributed by atoms with van der Waals surface area (Å²) < 4.78 is 0. The first-order valence-corrected chi connectivity index (χ1v) is 13.5. The van der Waals surface area contributed by atoms with Gasteiger partial charge in [0.25, 0.3) is 0 Å².